The lowest BCUT2D eigenvalue weighted by Gasteiger charge is -2.26. The lowest BCUT2D eigenvalue weighted by atomic mass is 10.2. The van der Waals surface area contributed by atoms with Crippen LogP contribution in [0.1, 0.15) is 45.2 Å². The van der Waals surface area contributed by atoms with E-state index in [1.807, 2.05) is 24.3 Å². The average Bonchev–Trinajstić information content (AvgIpc) is 3.15. The molecule has 0 bridgehead atoms. The molecule has 1 aliphatic rings. The highest BCUT2D eigenvalue weighted by Crippen LogP contribution is 2.18. The van der Waals surface area contributed by atoms with Gasteiger partial charge in [0.1, 0.15) is 5.69 Å². The zero-order chi connectivity index (χ0) is 24.0. The highest BCUT2D eigenvalue weighted by atomic mass is 32.2. The quantitative estimate of drug-likeness (QED) is 0.478. The van der Waals surface area contributed by atoms with Gasteiger partial charge in [-0.25, -0.2) is 13.4 Å². The van der Waals surface area contributed by atoms with E-state index in [4.69, 9.17) is 4.74 Å². The molecule has 1 amide bonds. The fraction of sp³-hybridized carbons (Fsp3) is 0.565. The van der Waals surface area contributed by atoms with E-state index in [2.05, 4.69) is 11.9 Å². The van der Waals surface area contributed by atoms with Crippen LogP contribution in [0.5, 0.6) is 0 Å². The first kappa shape index (κ1) is 24.9. The molecule has 0 aliphatic carbocycles. The zero-order valence-electron chi connectivity index (χ0n) is 19.2. The summed E-state index contributed by atoms with van der Waals surface area (Å²) in [5.41, 5.74) is 1.53. The van der Waals surface area contributed by atoms with Crippen molar-refractivity contribution < 1.29 is 22.7 Å². The van der Waals surface area contributed by atoms with Gasteiger partial charge in [-0.2, -0.15) is 0 Å². The van der Waals surface area contributed by atoms with Crippen molar-refractivity contribution in [1.82, 2.24) is 14.5 Å². The Bertz CT molecular complexity index is 1170. The molecule has 1 aromatic heterocycles. The number of fused-ring (bicyclic) bond motifs is 1. The minimum atomic E-state index is -3.12. The molecular formula is C23H31N3O6S. The minimum Gasteiger partial charge on any atom is -0.456 e. The Morgan fingerprint density at radius 1 is 1.24 bits per heavy atom. The van der Waals surface area contributed by atoms with E-state index in [9.17, 15) is 22.8 Å². The summed E-state index contributed by atoms with van der Waals surface area (Å²) in [7, 11) is -3.12. The van der Waals surface area contributed by atoms with Crippen LogP contribution < -0.4 is 5.56 Å². The molecule has 2 heterocycles. The Balaban J connectivity index is 1.61. The summed E-state index contributed by atoms with van der Waals surface area (Å²) in [5, 5.41) is 0. The fourth-order valence-corrected chi connectivity index (χ4v) is 5.85. The number of benzene rings is 1. The molecule has 1 saturated heterocycles. The summed E-state index contributed by atoms with van der Waals surface area (Å²) in [6, 6.07) is 7.02. The number of para-hydroxylation sites is 2. The summed E-state index contributed by atoms with van der Waals surface area (Å²) < 4.78 is 30.2. The molecular weight excluding hydrogens is 446 g/mol. The molecule has 1 aromatic carbocycles. The number of likely N-dealkylation sites (N-methyl/N-ethyl adjacent to an activating group) is 1. The van der Waals surface area contributed by atoms with Crippen LogP contribution >= 0.6 is 0 Å². The molecule has 0 spiro atoms. The van der Waals surface area contributed by atoms with Crippen LogP contribution in [0.4, 0.5) is 0 Å². The molecule has 10 heteroatoms. The minimum absolute atomic E-state index is 0.0571. The number of hydrogen-bond acceptors (Lipinski definition) is 7. The smallest absolute Gasteiger partial charge is 0.306 e. The Hall–Kier alpha value is -2.75. The van der Waals surface area contributed by atoms with Gasteiger partial charge < -0.3 is 14.2 Å². The maximum Gasteiger partial charge on any atom is 0.306 e. The van der Waals surface area contributed by atoms with Gasteiger partial charge in [0.2, 0.25) is 0 Å². The Labute approximate surface area is 193 Å². The van der Waals surface area contributed by atoms with Crippen molar-refractivity contribution in [3.8, 4) is 0 Å². The van der Waals surface area contributed by atoms with Crippen molar-refractivity contribution in [3.63, 3.8) is 0 Å². The summed E-state index contributed by atoms with van der Waals surface area (Å²) in [6.45, 7) is 4.29. The number of aromatic nitrogens is 2. The molecule has 0 radical (unpaired) electrons. The van der Waals surface area contributed by atoms with Crippen molar-refractivity contribution in [3.05, 3.63) is 40.3 Å². The predicted molar refractivity (Wildman–Crippen MR) is 125 cm³/mol. The van der Waals surface area contributed by atoms with Crippen LogP contribution in [-0.4, -0.2) is 65.4 Å². The first-order valence-electron chi connectivity index (χ1n) is 11.4. The highest BCUT2D eigenvalue weighted by molar-refractivity contribution is 7.91. The number of carbonyl (C=O) groups excluding carboxylic acids is 2. The molecule has 1 atom stereocenters. The topological polar surface area (TPSA) is 116 Å². The molecule has 2 aromatic rings. The van der Waals surface area contributed by atoms with Gasteiger partial charge in [-0.1, -0.05) is 25.5 Å². The van der Waals surface area contributed by atoms with Gasteiger partial charge in [-0.3, -0.25) is 14.4 Å². The number of esters is 1. The molecule has 9 nitrogen and oxygen atoms in total. The van der Waals surface area contributed by atoms with E-state index < -0.39 is 28.3 Å². The Kier molecular flexibility index (Phi) is 8.23. The van der Waals surface area contributed by atoms with E-state index in [0.29, 0.717) is 30.7 Å². The largest absolute Gasteiger partial charge is 0.456 e. The normalized spacial score (nSPS) is 17.2. The molecule has 3 rings (SSSR count). The van der Waals surface area contributed by atoms with Gasteiger partial charge in [-0.05, 0) is 31.9 Å². The summed E-state index contributed by atoms with van der Waals surface area (Å²) in [6.07, 6.45) is 2.23. The number of sulfone groups is 1. The molecule has 180 valence electrons. The number of amides is 1. The van der Waals surface area contributed by atoms with Crippen LogP contribution in [0.2, 0.25) is 0 Å². The van der Waals surface area contributed by atoms with Gasteiger partial charge >= 0.3 is 5.97 Å². The molecule has 0 saturated carbocycles. The van der Waals surface area contributed by atoms with E-state index in [1.54, 1.807) is 11.5 Å². The number of nitrogens with zero attached hydrogens (tertiary/aromatic N) is 3. The predicted octanol–water partition coefficient (Wildman–Crippen LogP) is 1.71. The molecule has 1 fully saturated rings. The SMILES string of the molecule is CCCCn1c(=O)c(CCC(=O)OCC(=O)N(CC)[C@@H]2CCS(=O)(=O)C2)nc2ccccc21. The summed E-state index contributed by atoms with van der Waals surface area (Å²) in [4.78, 5) is 43.6. The van der Waals surface area contributed by atoms with Gasteiger partial charge in [-0.15, -0.1) is 0 Å². The lowest BCUT2D eigenvalue weighted by molar-refractivity contribution is -0.152. The standard InChI is InChI=1S/C23H31N3O6S/c1-3-5-13-26-20-9-7-6-8-18(20)24-19(23(26)29)10-11-22(28)32-15-21(27)25(4-2)17-12-14-33(30,31)16-17/h6-9,17H,3-5,10-16H2,1-2H3/t17-/m1/s1. The van der Waals surface area contributed by atoms with Crippen LogP contribution in [0, 0.1) is 0 Å². The van der Waals surface area contributed by atoms with E-state index in [0.717, 1.165) is 18.4 Å². The van der Waals surface area contributed by atoms with E-state index >= 15 is 0 Å². The second-order valence-electron chi connectivity index (χ2n) is 8.25. The summed E-state index contributed by atoms with van der Waals surface area (Å²) >= 11 is 0. The first-order valence-corrected chi connectivity index (χ1v) is 13.2. The monoisotopic (exact) mass is 477 g/mol. The maximum absolute atomic E-state index is 12.9. The van der Waals surface area contributed by atoms with Crippen molar-refractivity contribution in [1.29, 1.82) is 0 Å². The Morgan fingerprint density at radius 2 is 2.00 bits per heavy atom. The van der Waals surface area contributed by atoms with Crippen LogP contribution in [0.3, 0.4) is 0 Å². The van der Waals surface area contributed by atoms with Gasteiger partial charge in [0.15, 0.2) is 16.4 Å². The lowest BCUT2D eigenvalue weighted by Crippen LogP contribution is -2.43. The molecule has 0 unspecified atom stereocenters. The number of aryl methyl sites for hydroxylation is 2. The van der Waals surface area contributed by atoms with E-state index in [-0.39, 0.29) is 35.9 Å². The van der Waals surface area contributed by atoms with Crippen LogP contribution in [0.15, 0.2) is 29.1 Å². The van der Waals surface area contributed by atoms with Gasteiger partial charge in [0, 0.05) is 25.6 Å². The molecule has 33 heavy (non-hydrogen) atoms. The maximum atomic E-state index is 12.9. The third kappa shape index (κ3) is 6.19. The van der Waals surface area contributed by atoms with Crippen molar-refractivity contribution >= 4 is 32.7 Å². The zero-order valence-corrected chi connectivity index (χ0v) is 20.0. The molecule has 0 N–H and O–H groups in total. The Morgan fingerprint density at radius 3 is 2.67 bits per heavy atom. The van der Waals surface area contributed by atoms with Crippen molar-refractivity contribution in [2.45, 2.75) is 58.5 Å². The number of unbranched alkanes of at least 4 members (excludes halogenated alkanes) is 1. The average molecular weight is 478 g/mol. The first-order chi connectivity index (χ1) is 15.8. The van der Waals surface area contributed by atoms with Gasteiger partial charge in [0.25, 0.3) is 11.5 Å². The number of carbonyl (C=O) groups is 2. The fourth-order valence-electron chi connectivity index (χ4n) is 4.12. The van der Waals surface area contributed by atoms with Crippen molar-refractivity contribution in [2.75, 3.05) is 24.7 Å². The van der Waals surface area contributed by atoms with E-state index in [1.165, 1.54) is 4.90 Å². The number of rotatable bonds is 10. The van der Waals surface area contributed by atoms with Crippen molar-refractivity contribution in [2.24, 2.45) is 0 Å². The highest BCUT2D eigenvalue weighted by Gasteiger charge is 2.34. The second-order valence-corrected chi connectivity index (χ2v) is 10.5. The summed E-state index contributed by atoms with van der Waals surface area (Å²) in [5.74, 6) is -1.01. The number of ether oxygens (including phenoxy) is 1. The second kappa shape index (κ2) is 10.9. The van der Waals surface area contributed by atoms with Gasteiger partial charge in [0.05, 0.1) is 29.0 Å². The molecule has 1 aliphatic heterocycles. The third-order valence-electron chi connectivity index (χ3n) is 5.89. The third-order valence-corrected chi connectivity index (χ3v) is 7.64. The van der Waals surface area contributed by atoms with Crippen LogP contribution in [-0.2, 0) is 37.1 Å². The number of hydrogen-bond donors (Lipinski definition) is 0. The van der Waals surface area contributed by atoms with Crippen LogP contribution in [0.25, 0.3) is 11.0 Å².